The fourth-order valence-corrected chi connectivity index (χ4v) is 1.96. The molecule has 0 bridgehead atoms. The third kappa shape index (κ3) is 3.08. The van der Waals surface area contributed by atoms with Gasteiger partial charge in [0.1, 0.15) is 17.9 Å². The Morgan fingerprint density at radius 2 is 2.09 bits per heavy atom. The van der Waals surface area contributed by atoms with Crippen LogP contribution in [0, 0.1) is 6.92 Å². The summed E-state index contributed by atoms with van der Waals surface area (Å²) in [5, 5.41) is 3.59. The van der Waals surface area contributed by atoms with Gasteiger partial charge in [0, 0.05) is 11.1 Å². The molecule has 2 rings (SSSR count). The Morgan fingerprint density at radius 1 is 1.36 bits per heavy atom. The van der Waals surface area contributed by atoms with Gasteiger partial charge in [-0.05, 0) is 32.0 Å². The Labute approximate surface area is 127 Å². The molecule has 0 amide bonds. The zero-order chi connectivity index (χ0) is 16.3. The predicted octanol–water partition coefficient (Wildman–Crippen LogP) is 2.13. The van der Waals surface area contributed by atoms with Crippen molar-refractivity contribution in [2.24, 2.45) is 0 Å². The minimum absolute atomic E-state index is 0.0623. The monoisotopic (exact) mass is 304 g/mol. The third-order valence-electron chi connectivity index (χ3n) is 3.14. The number of hydrogen-bond donors (Lipinski definition) is 1. The molecule has 7 heteroatoms. The van der Waals surface area contributed by atoms with Crippen molar-refractivity contribution in [3.05, 3.63) is 40.6 Å². The van der Waals surface area contributed by atoms with Crippen LogP contribution < -0.4 is 10.5 Å². The van der Waals surface area contributed by atoms with Gasteiger partial charge in [0.2, 0.25) is 5.88 Å². The standard InChI is InChI=1S/C15H16N2O5/c1-8-13(14(16)22-17-8)15(19)21-7-11-6-10(9(2)18)4-5-12(11)20-3/h4-6H,7,16H2,1-3H3. The average Bonchev–Trinajstić information content (AvgIpc) is 2.83. The van der Waals surface area contributed by atoms with Crippen LogP contribution in [-0.4, -0.2) is 24.0 Å². The Balaban J connectivity index is 2.19. The van der Waals surface area contributed by atoms with Gasteiger partial charge in [-0.25, -0.2) is 4.79 Å². The lowest BCUT2D eigenvalue weighted by molar-refractivity contribution is 0.0470. The van der Waals surface area contributed by atoms with Crippen molar-refractivity contribution in [2.45, 2.75) is 20.5 Å². The van der Waals surface area contributed by atoms with Gasteiger partial charge >= 0.3 is 5.97 Å². The molecule has 2 N–H and O–H groups in total. The lowest BCUT2D eigenvalue weighted by atomic mass is 10.1. The second-order valence-corrected chi connectivity index (χ2v) is 4.67. The maximum atomic E-state index is 12.0. The highest BCUT2D eigenvalue weighted by atomic mass is 16.5. The van der Waals surface area contributed by atoms with Gasteiger partial charge in [-0.15, -0.1) is 0 Å². The molecular weight excluding hydrogens is 288 g/mol. The van der Waals surface area contributed by atoms with E-state index < -0.39 is 5.97 Å². The molecule has 0 spiro atoms. The SMILES string of the molecule is COc1ccc(C(C)=O)cc1COC(=O)c1c(C)noc1N. The van der Waals surface area contributed by atoms with Crippen molar-refractivity contribution < 1.29 is 23.6 Å². The zero-order valence-electron chi connectivity index (χ0n) is 12.5. The van der Waals surface area contributed by atoms with E-state index in [4.69, 9.17) is 19.7 Å². The number of methoxy groups -OCH3 is 1. The summed E-state index contributed by atoms with van der Waals surface area (Å²) in [6.45, 7) is 2.99. The molecule has 116 valence electrons. The molecule has 0 radical (unpaired) electrons. The molecule has 0 aliphatic rings. The number of ketones is 1. The summed E-state index contributed by atoms with van der Waals surface area (Å²) in [7, 11) is 1.50. The van der Waals surface area contributed by atoms with Crippen LogP contribution >= 0.6 is 0 Å². The topological polar surface area (TPSA) is 105 Å². The number of nitrogens with two attached hydrogens (primary N) is 1. The van der Waals surface area contributed by atoms with Gasteiger partial charge in [0.15, 0.2) is 5.78 Å². The number of hydrogen-bond acceptors (Lipinski definition) is 7. The number of carbonyl (C=O) groups is 2. The van der Waals surface area contributed by atoms with Crippen molar-refractivity contribution in [3.63, 3.8) is 0 Å². The Hall–Kier alpha value is -2.83. The predicted molar refractivity (Wildman–Crippen MR) is 77.8 cm³/mol. The zero-order valence-corrected chi connectivity index (χ0v) is 12.5. The van der Waals surface area contributed by atoms with E-state index >= 15 is 0 Å². The van der Waals surface area contributed by atoms with E-state index in [1.54, 1.807) is 25.1 Å². The fraction of sp³-hybridized carbons (Fsp3) is 0.267. The van der Waals surface area contributed by atoms with E-state index in [2.05, 4.69) is 5.16 Å². The van der Waals surface area contributed by atoms with Crippen molar-refractivity contribution in [3.8, 4) is 5.75 Å². The first kappa shape index (κ1) is 15.6. The third-order valence-corrected chi connectivity index (χ3v) is 3.14. The number of aryl methyl sites for hydroxylation is 1. The van der Waals surface area contributed by atoms with E-state index in [0.29, 0.717) is 22.6 Å². The van der Waals surface area contributed by atoms with Crippen LogP contribution in [0.5, 0.6) is 5.75 Å². The first-order chi connectivity index (χ1) is 10.4. The van der Waals surface area contributed by atoms with Crippen LogP contribution in [-0.2, 0) is 11.3 Å². The molecule has 2 aromatic rings. The minimum Gasteiger partial charge on any atom is -0.496 e. The fourth-order valence-electron chi connectivity index (χ4n) is 1.96. The van der Waals surface area contributed by atoms with Gasteiger partial charge < -0.3 is 19.7 Å². The van der Waals surface area contributed by atoms with Crippen LogP contribution in [0.25, 0.3) is 0 Å². The van der Waals surface area contributed by atoms with E-state index in [1.807, 2.05) is 0 Å². The van der Waals surface area contributed by atoms with E-state index in [9.17, 15) is 9.59 Å². The average molecular weight is 304 g/mol. The van der Waals surface area contributed by atoms with Gasteiger partial charge in [-0.2, -0.15) is 0 Å². The number of nitrogen functional groups attached to an aromatic ring is 1. The number of carbonyl (C=O) groups excluding carboxylic acids is 2. The van der Waals surface area contributed by atoms with Crippen LogP contribution in [0.4, 0.5) is 5.88 Å². The van der Waals surface area contributed by atoms with Gasteiger partial charge in [-0.3, -0.25) is 4.79 Å². The number of Topliss-reactive ketones (excluding diaryl/α,β-unsaturated/α-hetero) is 1. The van der Waals surface area contributed by atoms with E-state index in [0.717, 1.165) is 0 Å². The number of anilines is 1. The molecule has 7 nitrogen and oxygen atoms in total. The summed E-state index contributed by atoms with van der Waals surface area (Å²) in [5.74, 6) is -0.305. The summed E-state index contributed by atoms with van der Waals surface area (Å²) >= 11 is 0. The molecular formula is C15H16N2O5. The van der Waals surface area contributed by atoms with E-state index in [-0.39, 0.29) is 23.8 Å². The van der Waals surface area contributed by atoms with Crippen molar-refractivity contribution >= 4 is 17.6 Å². The quantitative estimate of drug-likeness (QED) is 0.666. The van der Waals surface area contributed by atoms with Crippen molar-refractivity contribution in [2.75, 3.05) is 12.8 Å². The number of benzene rings is 1. The number of nitrogens with zero attached hydrogens (tertiary/aromatic N) is 1. The number of rotatable bonds is 5. The highest BCUT2D eigenvalue weighted by Gasteiger charge is 2.20. The highest BCUT2D eigenvalue weighted by Crippen LogP contribution is 2.23. The summed E-state index contributed by atoms with van der Waals surface area (Å²) in [6, 6.07) is 4.92. The second kappa shape index (κ2) is 6.30. The summed E-state index contributed by atoms with van der Waals surface area (Å²) in [4.78, 5) is 23.5. The molecule has 1 heterocycles. The number of esters is 1. The maximum Gasteiger partial charge on any atom is 0.346 e. The van der Waals surface area contributed by atoms with Crippen LogP contribution in [0.1, 0.15) is 38.9 Å². The van der Waals surface area contributed by atoms with Crippen molar-refractivity contribution in [1.82, 2.24) is 5.16 Å². The van der Waals surface area contributed by atoms with Crippen LogP contribution in [0.15, 0.2) is 22.7 Å². The lowest BCUT2D eigenvalue weighted by Gasteiger charge is -2.10. The van der Waals surface area contributed by atoms with Crippen LogP contribution in [0.2, 0.25) is 0 Å². The first-order valence-electron chi connectivity index (χ1n) is 6.50. The minimum atomic E-state index is -0.647. The van der Waals surface area contributed by atoms with Crippen LogP contribution in [0.3, 0.4) is 0 Å². The van der Waals surface area contributed by atoms with Gasteiger partial charge in [0.05, 0.1) is 12.8 Å². The summed E-state index contributed by atoms with van der Waals surface area (Å²) in [5.41, 5.74) is 7.07. The molecule has 0 atom stereocenters. The lowest BCUT2D eigenvalue weighted by Crippen LogP contribution is -2.09. The highest BCUT2D eigenvalue weighted by molar-refractivity contribution is 5.95. The molecule has 0 fully saturated rings. The number of aromatic nitrogens is 1. The first-order valence-corrected chi connectivity index (χ1v) is 6.50. The molecule has 22 heavy (non-hydrogen) atoms. The normalized spacial score (nSPS) is 10.3. The molecule has 0 aliphatic heterocycles. The second-order valence-electron chi connectivity index (χ2n) is 4.67. The number of ether oxygens (including phenoxy) is 2. The van der Waals surface area contributed by atoms with Crippen molar-refractivity contribution in [1.29, 1.82) is 0 Å². The van der Waals surface area contributed by atoms with E-state index in [1.165, 1.54) is 14.0 Å². The molecule has 0 saturated heterocycles. The Kier molecular flexibility index (Phi) is 4.45. The summed E-state index contributed by atoms with van der Waals surface area (Å²) in [6.07, 6.45) is 0. The summed E-state index contributed by atoms with van der Waals surface area (Å²) < 4.78 is 15.1. The molecule has 1 aromatic heterocycles. The molecule has 0 unspecified atom stereocenters. The largest absolute Gasteiger partial charge is 0.496 e. The Bertz CT molecular complexity index is 701. The molecule has 1 aromatic carbocycles. The van der Waals surface area contributed by atoms with Gasteiger partial charge in [0.25, 0.3) is 0 Å². The smallest absolute Gasteiger partial charge is 0.346 e. The molecule has 0 saturated carbocycles. The van der Waals surface area contributed by atoms with Gasteiger partial charge in [-0.1, -0.05) is 5.16 Å². The molecule has 0 aliphatic carbocycles. The Morgan fingerprint density at radius 3 is 2.64 bits per heavy atom. The maximum absolute atomic E-state index is 12.0.